The summed E-state index contributed by atoms with van der Waals surface area (Å²) in [7, 11) is 0. The molecular weight excluding hydrogens is 401 g/mol. The van der Waals surface area contributed by atoms with Crippen molar-refractivity contribution >= 4 is 27.5 Å². The Morgan fingerprint density at radius 2 is 2.04 bits per heavy atom. The van der Waals surface area contributed by atoms with Crippen LogP contribution in [0.4, 0.5) is 10.1 Å². The third kappa shape index (κ3) is 3.67. The molecule has 0 fully saturated rings. The van der Waals surface area contributed by atoms with Gasteiger partial charge in [-0.25, -0.2) is 4.39 Å². The first-order chi connectivity index (χ1) is 12.4. The molecule has 0 spiro atoms. The molecule has 7 heteroatoms. The molecule has 5 nitrogen and oxygen atoms in total. The van der Waals surface area contributed by atoms with Crippen LogP contribution in [0.3, 0.4) is 0 Å². The van der Waals surface area contributed by atoms with Gasteiger partial charge >= 0.3 is 0 Å². The summed E-state index contributed by atoms with van der Waals surface area (Å²) in [5, 5.41) is 6.85. The Bertz CT molecular complexity index is 969. The van der Waals surface area contributed by atoms with E-state index in [1.54, 1.807) is 6.07 Å². The van der Waals surface area contributed by atoms with E-state index in [1.165, 1.54) is 18.2 Å². The van der Waals surface area contributed by atoms with E-state index in [0.717, 1.165) is 5.56 Å². The molecule has 0 aliphatic rings. The smallest absolute Gasteiger partial charge is 0.260 e. The lowest BCUT2D eigenvalue weighted by Gasteiger charge is -2.12. The first-order valence-corrected chi connectivity index (χ1v) is 8.86. The number of hydrogen-bond acceptors (Lipinski definition) is 4. The molecular formula is C19H17BrFN3O2. The van der Waals surface area contributed by atoms with E-state index < -0.39 is 5.82 Å². The van der Waals surface area contributed by atoms with E-state index in [4.69, 9.17) is 4.52 Å². The maximum absolute atomic E-state index is 13.3. The van der Waals surface area contributed by atoms with Crippen LogP contribution in [0.2, 0.25) is 0 Å². The fourth-order valence-corrected chi connectivity index (χ4v) is 2.98. The van der Waals surface area contributed by atoms with Gasteiger partial charge in [0.25, 0.3) is 11.8 Å². The van der Waals surface area contributed by atoms with Crippen LogP contribution in [-0.2, 0) is 0 Å². The monoisotopic (exact) mass is 417 g/mol. The molecule has 0 saturated carbocycles. The molecule has 26 heavy (non-hydrogen) atoms. The summed E-state index contributed by atoms with van der Waals surface area (Å²) in [6.07, 6.45) is 0. The number of benzene rings is 2. The molecule has 0 saturated heterocycles. The van der Waals surface area contributed by atoms with E-state index in [-0.39, 0.29) is 11.8 Å². The van der Waals surface area contributed by atoms with Crippen molar-refractivity contribution in [3.8, 4) is 11.5 Å². The lowest BCUT2D eigenvalue weighted by molar-refractivity contribution is 0.102. The fraction of sp³-hybridized carbons (Fsp3) is 0.211. The summed E-state index contributed by atoms with van der Waals surface area (Å²) in [4.78, 5) is 17.1. The van der Waals surface area contributed by atoms with Gasteiger partial charge in [0.05, 0.1) is 16.8 Å². The van der Waals surface area contributed by atoms with Gasteiger partial charge in [0.2, 0.25) is 0 Å². The van der Waals surface area contributed by atoms with Gasteiger partial charge in [-0.15, -0.1) is 0 Å². The molecule has 1 heterocycles. The van der Waals surface area contributed by atoms with E-state index in [9.17, 15) is 9.18 Å². The van der Waals surface area contributed by atoms with E-state index >= 15 is 0 Å². The summed E-state index contributed by atoms with van der Waals surface area (Å²) in [5.74, 6) is 0.282. The van der Waals surface area contributed by atoms with Gasteiger partial charge in [-0.3, -0.25) is 4.79 Å². The van der Waals surface area contributed by atoms with Gasteiger partial charge in [0, 0.05) is 10.4 Å². The van der Waals surface area contributed by atoms with Crippen molar-refractivity contribution in [2.24, 2.45) is 0 Å². The van der Waals surface area contributed by atoms with Gasteiger partial charge in [-0.1, -0.05) is 31.1 Å². The number of hydrogen-bond donors (Lipinski definition) is 1. The Morgan fingerprint density at radius 1 is 1.27 bits per heavy atom. The van der Waals surface area contributed by atoms with E-state index in [2.05, 4.69) is 31.4 Å². The first kappa shape index (κ1) is 18.3. The molecule has 1 aromatic heterocycles. The highest BCUT2D eigenvalue weighted by molar-refractivity contribution is 9.10. The number of halogens is 2. The third-order valence-electron chi connectivity index (χ3n) is 3.88. The SMILES string of the molecule is Cc1cccc(-c2nc(C(C)C)no2)c1NC(=O)c1ccc(F)cc1Br. The van der Waals surface area contributed by atoms with Gasteiger partial charge in [0.1, 0.15) is 5.82 Å². The van der Waals surface area contributed by atoms with Gasteiger partial charge in [-0.05, 0) is 52.7 Å². The second-order valence-electron chi connectivity index (χ2n) is 6.19. The lowest BCUT2D eigenvalue weighted by Crippen LogP contribution is -2.14. The van der Waals surface area contributed by atoms with Crippen molar-refractivity contribution in [2.75, 3.05) is 5.32 Å². The molecule has 0 radical (unpaired) electrons. The number of amides is 1. The average molecular weight is 418 g/mol. The number of aryl methyl sites for hydroxylation is 1. The minimum absolute atomic E-state index is 0.130. The molecule has 0 bridgehead atoms. The van der Waals surface area contributed by atoms with Gasteiger partial charge < -0.3 is 9.84 Å². The molecule has 3 aromatic rings. The summed E-state index contributed by atoms with van der Waals surface area (Å²) >= 11 is 3.22. The minimum atomic E-state index is -0.419. The highest BCUT2D eigenvalue weighted by Gasteiger charge is 2.19. The summed E-state index contributed by atoms with van der Waals surface area (Å²) in [6.45, 7) is 5.82. The minimum Gasteiger partial charge on any atom is -0.334 e. The number of nitrogens with zero attached hydrogens (tertiary/aromatic N) is 2. The molecule has 2 aromatic carbocycles. The maximum Gasteiger partial charge on any atom is 0.260 e. The van der Waals surface area contributed by atoms with Crippen molar-refractivity contribution in [1.82, 2.24) is 10.1 Å². The normalized spacial score (nSPS) is 11.0. The predicted octanol–water partition coefficient (Wildman–Crippen LogP) is 5.32. The molecule has 1 amide bonds. The summed E-state index contributed by atoms with van der Waals surface area (Å²) < 4.78 is 19.0. The number of nitrogens with one attached hydrogen (secondary N) is 1. The molecule has 3 rings (SSSR count). The number of carbonyl (C=O) groups excluding carboxylic acids is 1. The zero-order valence-electron chi connectivity index (χ0n) is 14.5. The zero-order valence-corrected chi connectivity index (χ0v) is 16.1. The Labute approximate surface area is 158 Å². The zero-order chi connectivity index (χ0) is 18.8. The molecule has 0 aliphatic heterocycles. The largest absolute Gasteiger partial charge is 0.334 e. The molecule has 134 valence electrons. The van der Waals surface area contributed by atoms with Crippen molar-refractivity contribution in [2.45, 2.75) is 26.7 Å². The summed E-state index contributed by atoms with van der Waals surface area (Å²) in [6, 6.07) is 9.45. The Kier molecular flexibility index (Phi) is 5.18. The number of para-hydroxylation sites is 1. The van der Waals surface area contributed by atoms with Crippen LogP contribution in [0, 0.1) is 12.7 Å². The summed E-state index contributed by atoms with van der Waals surface area (Å²) in [5.41, 5.74) is 2.39. The number of carbonyl (C=O) groups is 1. The van der Waals surface area contributed by atoms with Crippen LogP contribution in [-0.4, -0.2) is 16.0 Å². The average Bonchev–Trinajstić information content (AvgIpc) is 3.06. The topological polar surface area (TPSA) is 68.0 Å². The first-order valence-electron chi connectivity index (χ1n) is 8.07. The lowest BCUT2D eigenvalue weighted by atomic mass is 10.1. The van der Waals surface area contributed by atoms with Crippen molar-refractivity contribution in [3.05, 3.63) is 63.6 Å². The highest BCUT2D eigenvalue weighted by Crippen LogP contribution is 2.31. The second kappa shape index (κ2) is 7.37. The molecule has 0 aliphatic carbocycles. The van der Waals surface area contributed by atoms with Crippen molar-refractivity contribution in [1.29, 1.82) is 0 Å². The Morgan fingerprint density at radius 3 is 2.69 bits per heavy atom. The third-order valence-corrected chi connectivity index (χ3v) is 4.53. The quantitative estimate of drug-likeness (QED) is 0.623. The molecule has 1 N–H and O–H groups in total. The van der Waals surface area contributed by atoms with Crippen LogP contribution >= 0.6 is 15.9 Å². The van der Waals surface area contributed by atoms with Crippen LogP contribution in [0.1, 0.15) is 41.5 Å². The van der Waals surface area contributed by atoms with E-state index in [0.29, 0.717) is 33.0 Å². The highest BCUT2D eigenvalue weighted by atomic mass is 79.9. The van der Waals surface area contributed by atoms with Crippen molar-refractivity contribution < 1.29 is 13.7 Å². The van der Waals surface area contributed by atoms with Crippen LogP contribution < -0.4 is 5.32 Å². The molecule has 0 unspecified atom stereocenters. The number of anilines is 1. The van der Waals surface area contributed by atoms with E-state index in [1.807, 2.05) is 32.9 Å². The predicted molar refractivity (Wildman–Crippen MR) is 101 cm³/mol. The molecule has 0 atom stereocenters. The number of aromatic nitrogens is 2. The van der Waals surface area contributed by atoms with Crippen LogP contribution in [0.5, 0.6) is 0 Å². The van der Waals surface area contributed by atoms with Gasteiger partial charge in [-0.2, -0.15) is 4.98 Å². The maximum atomic E-state index is 13.3. The van der Waals surface area contributed by atoms with Crippen molar-refractivity contribution in [3.63, 3.8) is 0 Å². The fourth-order valence-electron chi connectivity index (χ4n) is 2.45. The van der Waals surface area contributed by atoms with Crippen LogP contribution in [0.25, 0.3) is 11.5 Å². The Balaban J connectivity index is 1.98. The van der Waals surface area contributed by atoms with Gasteiger partial charge in [0.15, 0.2) is 5.82 Å². The number of rotatable bonds is 4. The second-order valence-corrected chi connectivity index (χ2v) is 7.04. The van der Waals surface area contributed by atoms with Crippen LogP contribution in [0.15, 0.2) is 45.4 Å². The Hall–Kier alpha value is -2.54. The standard InChI is InChI=1S/C19H17BrFN3O2/c1-10(2)17-23-19(26-24-17)14-6-4-5-11(3)16(14)22-18(25)13-8-7-12(21)9-15(13)20/h4-10H,1-3H3,(H,22,25).